The molecule has 2 nitrogen and oxygen atoms in total. The van der Waals surface area contributed by atoms with E-state index >= 15 is 0 Å². The van der Waals surface area contributed by atoms with Gasteiger partial charge in [0.15, 0.2) is 0 Å². The molecule has 1 atom stereocenters. The van der Waals surface area contributed by atoms with Gasteiger partial charge < -0.3 is 10.2 Å². The summed E-state index contributed by atoms with van der Waals surface area (Å²) in [5, 5.41) is 3.59. The highest BCUT2D eigenvalue weighted by molar-refractivity contribution is 5.48. The molecule has 2 aliphatic rings. The Morgan fingerprint density at radius 3 is 2.67 bits per heavy atom. The van der Waals surface area contributed by atoms with E-state index in [1.165, 1.54) is 18.9 Å². The van der Waals surface area contributed by atoms with Crippen LogP contribution < -0.4 is 10.2 Å². The van der Waals surface area contributed by atoms with E-state index < -0.39 is 11.6 Å². The second-order valence-corrected chi connectivity index (χ2v) is 5.32. The van der Waals surface area contributed by atoms with Crippen molar-refractivity contribution in [3.63, 3.8) is 0 Å². The zero-order chi connectivity index (χ0) is 12.5. The summed E-state index contributed by atoms with van der Waals surface area (Å²) in [6.45, 7) is 1.67. The molecule has 98 valence electrons. The molecule has 4 heteroatoms. The van der Waals surface area contributed by atoms with Gasteiger partial charge in [0.25, 0.3) is 0 Å². The maximum absolute atomic E-state index is 13.7. The van der Waals surface area contributed by atoms with Gasteiger partial charge in [0.05, 0.1) is 5.69 Å². The largest absolute Gasteiger partial charge is 0.368 e. The van der Waals surface area contributed by atoms with Crippen molar-refractivity contribution in [3.05, 3.63) is 29.8 Å². The van der Waals surface area contributed by atoms with Crippen molar-refractivity contribution in [3.8, 4) is 0 Å². The van der Waals surface area contributed by atoms with Crippen LogP contribution in [-0.2, 0) is 0 Å². The van der Waals surface area contributed by atoms with Crippen molar-refractivity contribution in [1.29, 1.82) is 0 Å². The normalized spacial score (nSPS) is 24.3. The lowest BCUT2D eigenvalue weighted by Gasteiger charge is -2.35. The third kappa shape index (κ3) is 2.64. The minimum Gasteiger partial charge on any atom is -0.368 e. The number of nitrogens with one attached hydrogen (secondary N) is 1. The van der Waals surface area contributed by atoms with Crippen LogP contribution in [0.2, 0.25) is 0 Å². The van der Waals surface area contributed by atoms with Gasteiger partial charge in [0.1, 0.15) is 11.6 Å². The fraction of sp³-hybridized carbons (Fsp3) is 0.571. The predicted molar refractivity (Wildman–Crippen MR) is 67.8 cm³/mol. The summed E-state index contributed by atoms with van der Waals surface area (Å²) >= 11 is 0. The van der Waals surface area contributed by atoms with Gasteiger partial charge in [-0.3, -0.25) is 0 Å². The molecule has 0 bridgehead atoms. The first kappa shape index (κ1) is 11.9. The molecule has 1 saturated carbocycles. The molecule has 1 aliphatic carbocycles. The molecule has 1 heterocycles. The summed E-state index contributed by atoms with van der Waals surface area (Å²) in [6, 6.07) is 4.96. The van der Waals surface area contributed by atoms with Gasteiger partial charge in [0.2, 0.25) is 0 Å². The van der Waals surface area contributed by atoms with E-state index in [-0.39, 0.29) is 0 Å². The molecule has 0 amide bonds. The molecule has 1 aliphatic heterocycles. The van der Waals surface area contributed by atoms with Gasteiger partial charge in [-0.1, -0.05) is 0 Å². The summed E-state index contributed by atoms with van der Waals surface area (Å²) in [7, 11) is 0. The zero-order valence-electron chi connectivity index (χ0n) is 10.3. The monoisotopic (exact) mass is 252 g/mol. The number of piperidine rings is 1. The molecule has 3 rings (SSSR count). The number of halogens is 2. The topological polar surface area (TPSA) is 15.3 Å². The quantitative estimate of drug-likeness (QED) is 0.889. The van der Waals surface area contributed by atoms with E-state index in [0.717, 1.165) is 32.0 Å². The first-order chi connectivity index (χ1) is 8.72. The Hall–Kier alpha value is -1.16. The van der Waals surface area contributed by atoms with Crippen molar-refractivity contribution >= 4 is 5.69 Å². The van der Waals surface area contributed by atoms with E-state index in [1.807, 2.05) is 4.90 Å². The third-order valence-electron chi connectivity index (χ3n) is 3.72. The van der Waals surface area contributed by atoms with Crippen LogP contribution in [0, 0.1) is 11.6 Å². The summed E-state index contributed by atoms with van der Waals surface area (Å²) in [5.41, 5.74) is 0.527. The third-order valence-corrected chi connectivity index (χ3v) is 3.72. The van der Waals surface area contributed by atoms with Crippen molar-refractivity contribution in [1.82, 2.24) is 5.32 Å². The van der Waals surface area contributed by atoms with Crippen molar-refractivity contribution < 1.29 is 8.78 Å². The molecule has 1 unspecified atom stereocenters. The fourth-order valence-corrected chi connectivity index (χ4v) is 2.65. The van der Waals surface area contributed by atoms with E-state index in [2.05, 4.69) is 5.32 Å². The van der Waals surface area contributed by atoms with Crippen LogP contribution in [0.1, 0.15) is 25.7 Å². The Bertz CT molecular complexity index is 432. The van der Waals surface area contributed by atoms with E-state index in [0.29, 0.717) is 17.8 Å². The van der Waals surface area contributed by atoms with Crippen LogP contribution in [0.5, 0.6) is 0 Å². The van der Waals surface area contributed by atoms with E-state index in [9.17, 15) is 8.78 Å². The lowest BCUT2D eigenvalue weighted by Crippen LogP contribution is -2.46. The van der Waals surface area contributed by atoms with Crippen LogP contribution in [0.25, 0.3) is 0 Å². The number of nitrogens with zero attached hydrogens (tertiary/aromatic N) is 1. The van der Waals surface area contributed by atoms with E-state index in [4.69, 9.17) is 0 Å². The highest BCUT2D eigenvalue weighted by Crippen LogP contribution is 2.26. The van der Waals surface area contributed by atoms with Crippen LogP contribution >= 0.6 is 0 Å². The van der Waals surface area contributed by atoms with Gasteiger partial charge in [-0.15, -0.1) is 0 Å². The van der Waals surface area contributed by atoms with Crippen LogP contribution in [-0.4, -0.2) is 25.2 Å². The van der Waals surface area contributed by atoms with E-state index in [1.54, 1.807) is 6.07 Å². The maximum Gasteiger partial charge on any atom is 0.149 e. The fourth-order valence-electron chi connectivity index (χ4n) is 2.65. The number of hydrogen-bond donors (Lipinski definition) is 1. The maximum atomic E-state index is 13.7. The second-order valence-electron chi connectivity index (χ2n) is 5.32. The van der Waals surface area contributed by atoms with Crippen LogP contribution in [0.15, 0.2) is 18.2 Å². The SMILES string of the molecule is Fc1ccc(N2CCCC(NC3CC3)C2)c(F)c1. The molecule has 0 aromatic heterocycles. The van der Waals surface area contributed by atoms with Crippen LogP contribution in [0.3, 0.4) is 0 Å². The lowest BCUT2D eigenvalue weighted by molar-refractivity contribution is 0.417. The Kier molecular flexibility index (Phi) is 3.20. The molecular weight excluding hydrogens is 234 g/mol. The van der Waals surface area contributed by atoms with Gasteiger partial charge in [-0.2, -0.15) is 0 Å². The van der Waals surface area contributed by atoms with Crippen molar-refractivity contribution in [2.75, 3.05) is 18.0 Å². The average molecular weight is 252 g/mol. The minimum atomic E-state index is -0.513. The molecule has 0 spiro atoms. The highest BCUT2D eigenvalue weighted by Gasteiger charge is 2.28. The molecule has 1 aromatic carbocycles. The molecule has 1 aromatic rings. The zero-order valence-corrected chi connectivity index (χ0v) is 10.3. The Labute approximate surface area is 106 Å². The van der Waals surface area contributed by atoms with Crippen molar-refractivity contribution in [2.24, 2.45) is 0 Å². The van der Waals surface area contributed by atoms with Gasteiger partial charge >= 0.3 is 0 Å². The van der Waals surface area contributed by atoms with Gasteiger partial charge in [-0.25, -0.2) is 8.78 Å². The molecule has 0 radical (unpaired) electrons. The minimum absolute atomic E-state index is 0.440. The molecule has 1 N–H and O–H groups in total. The lowest BCUT2D eigenvalue weighted by atomic mass is 10.0. The molecule has 18 heavy (non-hydrogen) atoms. The summed E-state index contributed by atoms with van der Waals surface area (Å²) in [5.74, 6) is -0.969. The standard InChI is InChI=1S/C14H18F2N2/c15-10-3-6-14(13(16)8-10)18-7-1-2-12(9-18)17-11-4-5-11/h3,6,8,11-12,17H,1-2,4-5,7,9H2. The van der Waals surface area contributed by atoms with Gasteiger partial charge in [0, 0.05) is 31.2 Å². The van der Waals surface area contributed by atoms with Gasteiger partial charge in [-0.05, 0) is 37.8 Å². The summed E-state index contributed by atoms with van der Waals surface area (Å²) < 4.78 is 26.6. The smallest absolute Gasteiger partial charge is 0.149 e. The number of benzene rings is 1. The number of hydrogen-bond acceptors (Lipinski definition) is 2. The average Bonchev–Trinajstić information content (AvgIpc) is 3.13. The van der Waals surface area contributed by atoms with Crippen molar-refractivity contribution in [2.45, 2.75) is 37.8 Å². The predicted octanol–water partition coefficient (Wildman–Crippen LogP) is 2.69. The second kappa shape index (κ2) is 4.84. The Morgan fingerprint density at radius 2 is 1.94 bits per heavy atom. The molecule has 1 saturated heterocycles. The molecular formula is C14H18F2N2. The Balaban J connectivity index is 1.70. The van der Waals surface area contributed by atoms with Crippen LogP contribution in [0.4, 0.5) is 14.5 Å². The first-order valence-corrected chi connectivity index (χ1v) is 6.68. The number of rotatable bonds is 3. The first-order valence-electron chi connectivity index (χ1n) is 6.68. The summed E-state index contributed by atoms with van der Waals surface area (Å²) in [4.78, 5) is 2.03. The summed E-state index contributed by atoms with van der Waals surface area (Å²) in [6.07, 6.45) is 4.74. The highest BCUT2D eigenvalue weighted by atomic mass is 19.1. The number of anilines is 1. The Morgan fingerprint density at radius 1 is 1.11 bits per heavy atom. The molecule has 2 fully saturated rings.